The van der Waals surface area contributed by atoms with Gasteiger partial charge in [-0.25, -0.2) is 12.7 Å². The lowest BCUT2D eigenvalue weighted by Gasteiger charge is -2.39. The number of likely N-dealkylation sites (N-methyl/N-ethyl adjacent to an activating group) is 1. The van der Waals surface area contributed by atoms with Crippen molar-refractivity contribution in [3.8, 4) is 0 Å². The number of nitrogens with one attached hydrogen (secondary N) is 1. The average Bonchev–Trinajstić information content (AvgIpc) is 2.95. The Morgan fingerprint density at radius 1 is 1.25 bits per heavy atom. The molecule has 1 amide bonds. The van der Waals surface area contributed by atoms with Crippen molar-refractivity contribution in [1.29, 1.82) is 0 Å². The third-order valence-corrected chi connectivity index (χ3v) is 8.24. The number of sulfonamides is 1. The van der Waals surface area contributed by atoms with Crippen LogP contribution in [0.2, 0.25) is 0 Å². The summed E-state index contributed by atoms with van der Waals surface area (Å²) in [5.74, 6) is 0.473. The van der Waals surface area contributed by atoms with Crippen LogP contribution in [0, 0.1) is 0 Å². The number of fused-ring (bicyclic) bond motifs is 2. The van der Waals surface area contributed by atoms with Gasteiger partial charge >= 0.3 is 0 Å². The lowest BCUT2D eigenvalue weighted by Crippen LogP contribution is -2.44. The Morgan fingerprint density at radius 2 is 1.93 bits per heavy atom. The maximum atomic E-state index is 12.5. The van der Waals surface area contributed by atoms with E-state index in [-0.39, 0.29) is 23.0 Å². The number of benzene rings is 1. The van der Waals surface area contributed by atoms with Gasteiger partial charge in [-0.1, -0.05) is 24.3 Å². The largest absolute Gasteiger partial charge is 0.355 e. The Hall–Kier alpha value is -1.44. The number of piperidine rings is 1. The van der Waals surface area contributed by atoms with Gasteiger partial charge in [0.25, 0.3) is 0 Å². The molecule has 1 atom stereocenters. The molecule has 2 aliphatic rings. The second-order valence-electron chi connectivity index (χ2n) is 8.43. The molecule has 0 unspecified atom stereocenters. The first-order valence-electron chi connectivity index (χ1n) is 10.3. The Morgan fingerprint density at radius 3 is 2.57 bits per heavy atom. The summed E-state index contributed by atoms with van der Waals surface area (Å²) in [6, 6.07) is 8.45. The van der Waals surface area contributed by atoms with E-state index < -0.39 is 10.0 Å². The third kappa shape index (κ3) is 4.42. The molecule has 156 valence electrons. The molecule has 1 aromatic carbocycles. The summed E-state index contributed by atoms with van der Waals surface area (Å²) < 4.78 is 26.1. The summed E-state index contributed by atoms with van der Waals surface area (Å²) >= 11 is 0. The summed E-state index contributed by atoms with van der Waals surface area (Å²) in [5, 5.41) is 3.03. The molecule has 6 nitrogen and oxygen atoms in total. The van der Waals surface area contributed by atoms with Gasteiger partial charge in [0.1, 0.15) is 0 Å². The van der Waals surface area contributed by atoms with Crippen LogP contribution in [0.1, 0.15) is 49.7 Å². The van der Waals surface area contributed by atoms with Crippen LogP contribution in [0.25, 0.3) is 0 Å². The van der Waals surface area contributed by atoms with Crippen molar-refractivity contribution >= 4 is 15.9 Å². The van der Waals surface area contributed by atoms with Crippen LogP contribution in [-0.4, -0.2) is 69.6 Å². The number of amides is 1. The molecule has 0 saturated carbocycles. The van der Waals surface area contributed by atoms with Crippen LogP contribution >= 0.6 is 0 Å². The first-order valence-corrected chi connectivity index (χ1v) is 11.9. The van der Waals surface area contributed by atoms with E-state index in [1.54, 1.807) is 11.2 Å². The minimum Gasteiger partial charge on any atom is -0.355 e. The molecule has 7 heteroatoms. The van der Waals surface area contributed by atoms with Crippen molar-refractivity contribution in [3.05, 3.63) is 35.4 Å². The molecular weight excluding hydrogens is 374 g/mol. The fraction of sp³-hybridized carbons (Fsp3) is 0.667. The van der Waals surface area contributed by atoms with Crippen LogP contribution < -0.4 is 5.32 Å². The van der Waals surface area contributed by atoms with E-state index in [4.69, 9.17) is 0 Å². The number of nitrogens with zero attached hydrogens (tertiary/aromatic N) is 2. The van der Waals surface area contributed by atoms with E-state index in [9.17, 15) is 13.2 Å². The Bertz CT molecular complexity index is 799. The predicted molar refractivity (Wildman–Crippen MR) is 112 cm³/mol. The lowest BCUT2D eigenvalue weighted by molar-refractivity contribution is -0.121. The Kier molecular flexibility index (Phi) is 6.47. The van der Waals surface area contributed by atoms with Crippen LogP contribution in [-0.2, 0) is 20.2 Å². The molecule has 1 aliphatic carbocycles. The minimum atomic E-state index is -3.13. The van der Waals surface area contributed by atoms with E-state index in [1.807, 2.05) is 20.2 Å². The van der Waals surface area contributed by atoms with Crippen LogP contribution in [0.4, 0.5) is 0 Å². The zero-order chi connectivity index (χ0) is 20.4. The molecule has 0 aromatic heterocycles. The topological polar surface area (TPSA) is 69.7 Å². The molecule has 1 N–H and O–H groups in total. The molecule has 28 heavy (non-hydrogen) atoms. The zero-order valence-electron chi connectivity index (χ0n) is 17.3. The van der Waals surface area contributed by atoms with Crippen molar-refractivity contribution in [2.45, 2.75) is 43.9 Å². The minimum absolute atomic E-state index is 0.00490. The molecule has 1 aliphatic heterocycles. The molecular formula is C21H33N3O3S. The Balaban J connectivity index is 1.70. The van der Waals surface area contributed by atoms with Gasteiger partial charge in [-0.05, 0) is 62.7 Å². The predicted octanol–water partition coefficient (Wildman–Crippen LogP) is 1.93. The second-order valence-corrected chi connectivity index (χ2v) is 10.7. The molecule has 1 spiro atoms. The summed E-state index contributed by atoms with van der Waals surface area (Å²) in [7, 11) is 0.859. The van der Waals surface area contributed by atoms with Gasteiger partial charge in [0.05, 0.1) is 5.75 Å². The van der Waals surface area contributed by atoms with Crippen molar-refractivity contribution in [1.82, 2.24) is 14.5 Å². The van der Waals surface area contributed by atoms with Gasteiger partial charge in [-0.3, -0.25) is 4.79 Å². The first-order chi connectivity index (χ1) is 13.3. The number of rotatable bonds is 7. The first kappa shape index (κ1) is 21.3. The van der Waals surface area contributed by atoms with Gasteiger partial charge in [-0.2, -0.15) is 0 Å². The highest BCUT2D eigenvalue weighted by molar-refractivity contribution is 7.89. The normalized spacial score (nSPS) is 21.8. The molecule has 1 heterocycles. The van der Waals surface area contributed by atoms with E-state index in [2.05, 4.69) is 28.4 Å². The van der Waals surface area contributed by atoms with Crippen molar-refractivity contribution in [3.63, 3.8) is 0 Å². The van der Waals surface area contributed by atoms with Crippen LogP contribution in [0.5, 0.6) is 0 Å². The van der Waals surface area contributed by atoms with E-state index >= 15 is 0 Å². The molecule has 0 radical (unpaired) electrons. The van der Waals surface area contributed by atoms with Gasteiger partial charge in [0.15, 0.2) is 0 Å². The van der Waals surface area contributed by atoms with Gasteiger partial charge in [0, 0.05) is 32.6 Å². The van der Waals surface area contributed by atoms with E-state index in [1.165, 1.54) is 11.1 Å². The fourth-order valence-corrected chi connectivity index (χ4v) is 5.88. The summed E-state index contributed by atoms with van der Waals surface area (Å²) in [4.78, 5) is 14.5. The van der Waals surface area contributed by atoms with E-state index in [0.717, 1.165) is 25.8 Å². The maximum absolute atomic E-state index is 12.5. The number of hydrogen-bond donors (Lipinski definition) is 1. The smallest absolute Gasteiger partial charge is 0.220 e. The monoisotopic (exact) mass is 407 g/mol. The fourth-order valence-electron chi connectivity index (χ4n) is 4.77. The zero-order valence-corrected chi connectivity index (χ0v) is 18.1. The highest BCUT2D eigenvalue weighted by atomic mass is 32.2. The van der Waals surface area contributed by atoms with Crippen LogP contribution in [0.3, 0.4) is 0 Å². The van der Waals surface area contributed by atoms with Gasteiger partial charge in [-0.15, -0.1) is 0 Å². The molecule has 1 saturated heterocycles. The summed E-state index contributed by atoms with van der Waals surface area (Å²) in [5.41, 5.74) is 2.61. The van der Waals surface area contributed by atoms with Crippen molar-refractivity contribution in [2.24, 2.45) is 0 Å². The molecule has 1 aromatic rings. The molecule has 3 rings (SSSR count). The molecule has 1 fully saturated rings. The number of carbonyl (C=O) groups is 1. The lowest BCUT2D eigenvalue weighted by atomic mass is 9.73. The number of hydrogen-bond acceptors (Lipinski definition) is 4. The average molecular weight is 408 g/mol. The van der Waals surface area contributed by atoms with Crippen molar-refractivity contribution < 1.29 is 13.2 Å². The third-order valence-electron chi connectivity index (χ3n) is 6.36. The quantitative estimate of drug-likeness (QED) is 0.750. The van der Waals surface area contributed by atoms with Gasteiger partial charge in [0.2, 0.25) is 15.9 Å². The molecule has 0 bridgehead atoms. The highest BCUT2D eigenvalue weighted by Gasteiger charge is 2.46. The second kappa shape index (κ2) is 8.51. The van der Waals surface area contributed by atoms with E-state index in [0.29, 0.717) is 26.1 Å². The summed E-state index contributed by atoms with van der Waals surface area (Å²) in [6.07, 6.45) is 3.11. The summed E-state index contributed by atoms with van der Waals surface area (Å²) in [6.45, 7) is 4.35. The standard InChI is InChI=1S/C21H33N3O3S/c1-4-28(26,27)24-12-9-21(10-13-24)16-17(18-7-5-6-8-19(18)21)15-20(25)22-11-14-23(2)3/h5-8,17H,4,9-16H2,1-3H3,(H,22,25)/t17-/m1/s1. The Labute approximate surface area is 169 Å². The number of carbonyl (C=O) groups excluding carboxylic acids is 1. The van der Waals surface area contributed by atoms with Crippen LogP contribution in [0.15, 0.2) is 24.3 Å². The van der Waals surface area contributed by atoms with Gasteiger partial charge < -0.3 is 10.2 Å². The van der Waals surface area contributed by atoms with Crippen molar-refractivity contribution in [2.75, 3.05) is 46.0 Å². The SMILES string of the molecule is CCS(=O)(=O)N1CCC2(CC1)C[C@@H](CC(=O)NCCN(C)C)c1ccccc12. The maximum Gasteiger partial charge on any atom is 0.220 e. The highest BCUT2D eigenvalue weighted by Crippen LogP contribution is 2.52.